The number of nitrogens with two attached hydrogens (primary N) is 1. The SMILES string of the molecule is CCC(=O)c1cc(Oc2ccc(-c3nn([C@@H]4CCN(C(=O)OC(C)(C)C)C4)c4ncnc(N)c34)c(F)c2)ccn1. The first-order valence-corrected chi connectivity index (χ1v) is 13.0. The molecular weight excluding hydrogens is 517 g/mol. The van der Waals surface area contributed by atoms with Crippen LogP contribution in [0.3, 0.4) is 0 Å². The van der Waals surface area contributed by atoms with Crippen molar-refractivity contribution in [3.63, 3.8) is 0 Å². The van der Waals surface area contributed by atoms with E-state index in [1.807, 2.05) is 20.8 Å². The van der Waals surface area contributed by atoms with Crippen LogP contribution in [0.15, 0.2) is 42.9 Å². The fraction of sp³-hybridized carbons (Fsp3) is 0.357. The van der Waals surface area contributed by atoms with Crippen LogP contribution in [0.2, 0.25) is 0 Å². The summed E-state index contributed by atoms with van der Waals surface area (Å²) in [4.78, 5) is 38.8. The van der Waals surface area contributed by atoms with E-state index in [1.54, 1.807) is 34.7 Å². The third-order valence-electron chi connectivity index (χ3n) is 6.45. The van der Waals surface area contributed by atoms with Crippen LogP contribution in [-0.4, -0.2) is 60.2 Å². The maximum absolute atomic E-state index is 15.5. The molecule has 11 nitrogen and oxygen atoms in total. The molecule has 1 aromatic carbocycles. The number of hydrogen-bond acceptors (Lipinski definition) is 9. The normalized spacial score (nSPS) is 15.4. The lowest BCUT2D eigenvalue weighted by Gasteiger charge is -2.24. The molecule has 1 saturated heterocycles. The number of carbonyl (C=O) groups is 2. The number of nitrogen functional groups attached to an aromatic ring is 1. The zero-order valence-electron chi connectivity index (χ0n) is 22.7. The van der Waals surface area contributed by atoms with Crippen LogP contribution in [0.4, 0.5) is 15.0 Å². The second kappa shape index (κ2) is 10.5. The summed E-state index contributed by atoms with van der Waals surface area (Å²) in [5, 5.41) is 5.13. The van der Waals surface area contributed by atoms with E-state index in [9.17, 15) is 9.59 Å². The second-order valence-electron chi connectivity index (χ2n) is 10.5. The second-order valence-corrected chi connectivity index (χ2v) is 10.5. The number of fused-ring (bicyclic) bond motifs is 1. The number of pyridine rings is 1. The van der Waals surface area contributed by atoms with Gasteiger partial charge in [0.2, 0.25) is 0 Å². The Morgan fingerprint density at radius 2 is 1.90 bits per heavy atom. The van der Waals surface area contributed by atoms with Gasteiger partial charge in [-0.3, -0.25) is 9.78 Å². The average molecular weight is 548 g/mol. The topological polar surface area (TPSA) is 138 Å². The minimum Gasteiger partial charge on any atom is -0.457 e. The van der Waals surface area contributed by atoms with E-state index >= 15 is 4.39 Å². The van der Waals surface area contributed by atoms with E-state index < -0.39 is 17.5 Å². The first-order chi connectivity index (χ1) is 19.0. The third-order valence-corrected chi connectivity index (χ3v) is 6.45. The highest BCUT2D eigenvalue weighted by molar-refractivity contribution is 5.98. The van der Waals surface area contributed by atoms with Crippen LogP contribution < -0.4 is 10.5 Å². The monoisotopic (exact) mass is 547 g/mol. The number of amides is 1. The molecule has 2 N–H and O–H groups in total. The molecule has 1 fully saturated rings. The number of aromatic nitrogens is 5. The maximum Gasteiger partial charge on any atom is 0.410 e. The van der Waals surface area contributed by atoms with Gasteiger partial charge in [-0.05, 0) is 45.4 Å². The Hall–Kier alpha value is -4.61. The van der Waals surface area contributed by atoms with Gasteiger partial charge < -0.3 is 20.1 Å². The van der Waals surface area contributed by atoms with Gasteiger partial charge in [0.25, 0.3) is 0 Å². The fourth-order valence-corrected chi connectivity index (χ4v) is 4.57. The number of rotatable bonds is 6. The van der Waals surface area contributed by atoms with E-state index in [4.69, 9.17) is 20.3 Å². The molecule has 12 heteroatoms. The van der Waals surface area contributed by atoms with E-state index in [-0.39, 0.29) is 40.3 Å². The molecule has 0 spiro atoms. The molecule has 0 radical (unpaired) electrons. The van der Waals surface area contributed by atoms with Gasteiger partial charge in [-0.15, -0.1) is 0 Å². The molecule has 0 bridgehead atoms. The Labute approximate surface area is 230 Å². The number of benzene rings is 1. The van der Waals surface area contributed by atoms with Gasteiger partial charge in [0.05, 0.1) is 11.4 Å². The number of carbonyl (C=O) groups excluding carboxylic acids is 2. The molecule has 1 amide bonds. The van der Waals surface area contributed by atoms with Crippen LogP contribution in [-0.2, 0) is 4.74 Å². The van der Waals surface area contributed by atoms with Crippen molar-refractivity contribution >= 4 is 28.7 Å². The maximum atomic E-state index is 15.5. The summed E-state index contributed by atoms with van der Waals surface area (Å²) in [6.07, 6.45) is 3.33. The van der Waals surface area contributed by atoms with E-state index in [0.717, 1.165) is 0 Å². The number of anilines is 1. The van der Waals surface area contributed by atoms with Crippen molar-refractivity contribution in [2.75, 3.05) is 18.8 Å². The standard InChI is InChI=1S/C28H30FN7O4/c1-5-22(37)21-13-18(8-10-31-21)39-17-6-7-19(20(29)12-17)24-23-25(30)32-15-33-26(23)36(34-24)16-9-11-35(14-16)27(38)40-28(2,3)4/h6-8,10,12-13,15-16H,5,9,11,14H2,1-4H3,(H2,30,32,33)/t16-/m1/s1. The Balaban J connectivity index is 1.44. The van der Waals surface area contributed by atoms with Crippen molar-refractivity contribution in [2.24, 2.45) is 0 Å². The Morgan fingerprint density at radius 1 is 1.12 bits per heavy atom. The van der Waals surface area contributed by atoms with Crippen molar-refractivity contribution in [3.05, 3.63) is 54.4 Å². The molecule has 0 aliphatic carbocycles. The molecule has 1 aliphatic rings. The highest BCUT2D eigenvalue weighted by Crippen LogP contribution is 2.36. The van der Waals surface area contributed by atoms with E-state index in [2.05, 4.69) is 15.0 Å². The minimum atomic E-state index is -0.609. The molecule has 40 heavy (non-hydrogen) atoms. The molecule has 1 aliphatic heterocycles. The van der Waals surface area contributed by atoms with E-state index in [0.29, 0.717) is 42.7 Å². The summed E-state index contributed by atoms with van der Waals surface area (Å²) in [5.74, 6) is 0.0535. The molecular formula is C28H30FN7O4. The molecule has 208 valence electrons. The van der Waals surface area contributed by atoms with Gasteiger partial charge >= 0.3 is 6.09 Å². The van der Waals surface area contributed by atoms with E-state index in [1.165, 1.54) is 24.7 Å². The zero-order valence-corrected chi connectivity index (χ0v) is 22.7. The molecule has 4 aromatic rings. The molecule has 3 aromatic heterocycles. The summed E-state index contributed by atoms with van der Waals surface area (Å²) >= 11 is 0. The zero-order chi connectivity index (χ0) is 28.6. The van der Waals surface area contributed by atoms with Crippen molar-refractivity contribution in [1.82, 2.24) is 29.6 Å². The molecule has 0 saturated carbocycles. The number of nitrogens with zero attached hydrogens (tertiary/aromatic N) is 6. The van der Waals surface area contributed by atoms with Crippen molar-refractivity contribution in [3.8, 4) is 22.8 Å². The van der Waals surface area contributed by atoms with Crippen LogP contribution in [0.1, 0.15) is 57.1 Å². The minimum absolute atomic E-state index is 0.120. The Bertz CT molecular complexity index is 1600. The van der Waals surface area contributed by atoms with Gasteiger partial charge in [-0.2, -0.15) is 5.10 Å². The number of hydrogen-bond donors (Lipinski definition) is 1. The van der Waals surface area contributed by atoms with Crippen LogP contribution in [0.25, 0.3) is 22.3 Å². The van der Waals surface area contributed by atoms with Gasteiger partial charge in [0.1, 0.15) is 46.5 Å². The summed E-state index contributed by atoms with van der Waals surface area (Å²) in [7, 11) is 0. The predicted molar refractivity (Wildman–Crippen MR) is 146 cm³/mol. The van der Waals surface area contributed by atoms with Crippen molar-refractivity contribution in [2.45, 2.75) is 52.2 Å². The highest BCUT2D eigenvalue weighted by atomic mass is 19.1. The van der Waals surface area contributed by atoms with Crippen molar-refractivity contribution in [1.29, 1.82) is 0 Å². The van der Waals surface area contributed by atoms with Crippen LogP contribution in [0, 0.1) is 5.82 Å². The summed E-state index contributed by atoms with van der Waals surface area (Å²) in [6, 6.07) is 7.28. The lowest BCUT2D eigenvalue weighted by Crippen LogP contribution is -2.35. The lowest BCUT2D eigenvalue weighted by atomic mass is 10.1. The number of ether oxygens (including phenoxy) is 2. The summed E-state index contributed by atoms with van der Waals surface area (Å²) in [5.41, 5.74) is 6.81. The average Bonchev–Trinajstić information content (AvgIpc) is 3.54. The summed E-state index contributed by atoms with van der Waals surface area (Å²) in [6.45, 7) is 8.04. The third kappa shape index (κ3) is 5.42. The first kappa shape index (κ1) is 27.0. The quantitative estimate of drug-likeness (QED) is 0.324. The number of ketones is 1. The molecule has 1 atom stereocenters. The van der Waals surface area contributed by atoms with Gasteiger partial charge in [-0.1, -0.05) is 6.92 Å². The lowest BCUT2D eigenvalue weighted by molar-refractivity contribution is 0.0288. The molecule has 0 unspecified atom stereocenters. The van der Waals surface area contributed by atoms with Crippen molar-refractivity contribution < 1.29 is 23.5 Å². The van der Waals surface area contributed by atoms with Gasteiger partial charge in [0, 0.05) is 43.4 Å². The van der Waals surface area contributed by atoms with Crippen LogP contribution >= 0.6 is 0 Å². The van der Waals surface area contributed by atoms with Gasteiger partial charge in [0.15, 0.2) is 11.4 Å². The number of likely N-dealkylation sites (tertiary alicyclic amines) is 1. The molecule has 4 heterocycles. The smallest absolute Gasteiger partial charge is 0.410 e. The highest BCUT2D eigenvalue weighted by Gasteiger charge is 2.33. The largest absolute Gasteiger partial charge is 0.457 e. The molecule has 5 rings (SSSR count). The van der Waals surface area contributed by atoms with Gasteiger partial charge in [-0.25, -0.2) is 23.8 Å². The fourth-order valence-electron chi connectivity index (χ4n) is 4.57. The van der Waals surface area contributed by atoms with Crippen LogP contribution in [0.5, 0.6) is 11.5 Å². The predicted octanol–water partition coefficient (Wildman–Crippen LogP) is 5.18. The summed E-state index contributed by atoms with van der Waals surface area (Å²) < 4.78 is 28.5. The first-order valence-electron chi connectivity index (χ1n) is 13.0. The number of halogens is 1. The Kier molecular flexibility index (Phi) is 7.09. The Morgan fingerprint density at radius 3 is 2.62 bits per heavy atom. The number of Topliss-reactive ketones (excluding diaryl/α,β-unsaturated/α-hetero) is 1.